The second kappa shape index (κ2) is 4.94. The standard InChI is InChI=1S/C11H20N2O2/c1-2-12-6-5-11(14)13-9-7-8-3-4-10(9)15-8/h8-10,12H,2-7H2,1H3,(H,13,14). The van der Waals surface area contributed by atoms with Gasteiger partial charge in [-0.1, -0.05) is 6.92 Å². The van der Waals surface area contributed by atoms with Crippen molar-refractivity contribution < 1.29 is 9.53 Å². The minimum atomic E-state index is 0.150. The van der Waals surface area contributed by atoms with Gasteiger partial charge in [-0.2, -0.15) is 0 Å². The van der Waals surface area contributed by atoms with Gasteiger partial charge in [0.25, 0.3) is 0 Å². The Hall–Kier alpha value is -0.610. The lowest BCUT2D eigenvalue weighted by molar-refractivity contribution is -0.122. The van der Waals surface area contributed by atoms with Crippen LogP contribution in [0.25, 0.3) is 0 Å². The quantitative estimate of drug-likeness (QED) is 0.649. The average molecular weight is 212 g/mol. The van der Waals surface area contributed by atoms with Gasteiger partial charge in [-0.15, -0.1) is 0 Å². The molecule has 0 aromatic carbocycles. The SMILES string of the molecule is CCNCCC(=O)NC1CC2CCC1O2. The van der Waals surface area contributed by atoms with Gasteiger partial charge in [0.1, 0.15) is 0 Å². The second-order valence-corrected chi connectivity index (χ2v) is 4.39. The summed E-state index contributed by atoms with van der Waals surface area (Å²) >= 11 is 0. The molecule has 0 saturated carbocycles. The number of carbonyl (C=O) groups is 1. The predicted octanol–water partition coefficient (Wildman–Crippen LogP) is 0.422. The van der Waals surface area contributed by atoms with E-state index in [1.807, 2.05) is 6.92 Å². The molecule has 3 atom stereocenters. The van der Waals surface area contributed by atoms with Gasteiger partial charge >= 0.3 is 0 Å². The first-order valence-electron chi connectivity index (χ1n) is 5.95. The van der Waals surface area contributed by atoms with Crippen LogP contribution in [-0.4, -0.2) is 37.2 Å². The Labute approximate surface area is 90.8 Å². The largest absolute Gasteiger partial charge is 0.373 e. The summed E-state index contributed by atoms with van der Waals surface area (Å²) in [5.74, 6) is 0.150. The van der Waals surface area contributed by atoms with Crippen molar-refractivity contribution in [2.75, 3.05) is 13.1 Å². The molecule has 2 fully saturated rings. The molecule has 1 amide bonds. The van der Waals surface area contributed by atoms with E-state index in [2.05, 4.69) is 10.6 Å². The van der Waals surface area contributed by atoms with Gasteiger partial charge in [0.2, 0.25) is 5.91 Å². The first kappa shape index (κ1) is 10.9. The van der Waals surface area contributed by atoms with Gasteiger partial charge in [-0.25, -0.2) is 0 Å². The van der Waals surface area contributed by atoms with Crippen LogP contribution in [0.5, 0.6) is 0 Å². The molecule has 0 aromatic rings. The Bertz CT molecular complexity index is 233. The van der Waals surface area contributed by atoms with E-state index in [1.54, 1.807) is 0 Å². The minimum absolute atomic E-state index is 0.150. The number of ether oxygens (including phenoxy) is 1. The summed E-state index contributed by atoms with van der Waals surface area (Å²) in [6.45, 7) is 3.73. The van der Waals surface area contributed by atoms with Crippen LogP contribution < -0.4 is 10.6 Å². The fraction of sp³-hybridized carbons (Fsp3) is 0.909. The number of fused-ring (bicyclic) bond motifs is 2. The first-order valence-corrected chi connectivity index (χ1v) is 5.95. The highest BCUT2D eigenvalue weighted by Crippen LogP contribution is 2.34. The maximum atomic E-state index is 11.5. The molecule has 2 aliphatic rings. The molecule has 86 valence electrons. The molecule has 4 nitrogen and oxygen atoms in total. The molecule has 0 aliphatic carbocycles. The Morgan fingerprint density at radius 3 is 2.93 bits per heavy atom. The minimum Gasteiger partial charge on any atom is -0.373 e. The Morgan fingerprint density at radius 2 is 2.33 bits per heavy atom. The molecule has 0 aromatic heterocycles. The van der Waals surface area contributed by atoms with Crippen LogP contribution in [0.4, 0.5) is 0 Å². The number of rotatable bonds is 5. The molecule has 2 saturated heterocycles. The van der Waals surface area contributed by atoms with Gasteiger partial charge in [-0.3, -0.25) is 4.79 Å². The van der Waals surface area contributed by atoms with Crippen LogP contribution in [0.2, 0.25) is 0 Å². The molecule has 2 aliphatic heterocycles. The molecule has 2 heterocycles. The monoisotopic (exact) mass is 212 g/mol. The zero-order chi connectivity index (χ0) is 10.7. The van der Waals surface area contributed by atoms with E-state index in [-0.39, 0.29) is 18.1 Å². The van der Waals surface area contributed by atoms with Crippen molar-refractivity contribution in [1.82, 2.24) is 10.6 Å². The molecule has 15 heavy (non-hydrogen) atoms. The van der Waals surface area contributed by atoms with Crippen LogP contribution >= 0.6 is 0 Å². The fourth-order valence-electron chi connectivity index (χ4n) is 2.45. The zero-order valence-electron chi connectivity index (χ0n) is 9.29. The number of carbonyl (C=O) groups excluding carboxylic acids is 1. The highest BCUT2D eigenvalue weighted by atomic mass is 16.5. The summed E-state index contributed by atoms with van der Waals surface area (Å²) in [6.07, 6.45) is 4.57. The second-order valence-electron chi connectivity index (χ2n) is 4.39. The van der Waals surface area contributed by atoms with Crippen molar-refractivity contribution in [2.45, 2.75) is 50.9 Å². The molecular formula is C11H20N2O2. The average Bonchev–Trinajstić information content (AvgIpc) is 2.79. The van der Waals surface area contributed by atoms with E-state index < -0.39 is 0 Å². The van der Waals surface area contributed by atoms with Crippen molar-refractivity contribution in [3.05, 3.63) is 0 Å². The lowest BCUT2D eigenvalue weighted by atomic mass is 9.95. The highest BCUT2D eigenvalue weighted by Gasteiger charge is 2.41. The van der Waals surface area contributed by atoms with E-state index in [9.17, 15) is 4.79 Å². The van der Waals surface area contributed by atoms with E-state index in [0.29, 0.717) is 12.5 Å². The third kappa shape index (κ3) is 2.69. The van der Waals surface area contributed by atoms with Gasteiger partial charge in [0, 0.05) is 13.0 Å². The lowest BCUT2D eigenvalue weighted by Gasteiger charge is -2.19. The van der Waals surface area contributed by atoms with E-state index in [4.69, 9.17) is 4.74 Å². The number of hydrogen-bond donors (Lipinski definition) is 2. The molecule has 0 radical (unpaired) electrons. The van der Waals surface area contributed by atoms with Gasteiger partial charge in [0.05, 0.1) is 18.2 Å². The highest BCUT2D eigenvalue weighted by molar-refractivity contribution is 5.76. The number of amides is 1. The van der Waals surface area contributed by atoms with Gasteiger partial charge < -0.3 is 15.4 Å². The number of nitrogens with one attached hydrogen (secondary N) is 2. The van der Waals surface area contributed by atoms with Crippen LogP contribution in [0.15, 0.2) is 0 Å². The summed E-state index contributed by atoms with van der Waals surface area (Å²) in [5.41, 5.74) is 0. The van der Waals surface area contributed by atoms with Crippen molar-refractivity contribution in [3.63, 3.8) is 0 Å². The Kier molecular flexibility index (Phi) is 3.59. The third-order valence-corrected chi connectivity index (χ3v) is 3.23. The molecule has 2 bridgehead atoms. The summed E-state index contributed by atoms with van der Waals surface area (Å²) in [6, 6.07) is 0.276. The van der Waals surface area contributed by atoms with Gasteiger partial charge in [-0.05, 0) is 25.8 Å². The van der Waals surface area contributed by atoms with Gasteiger partial charge in [0.15, 0.2) is 0 Å². The topological polar surface area (TPSA) is 50.4 Å². The molecular weight excluding hydrogens is 192 g/mol. The molecule has 3 unspecified atom stereocenters. The Balaban J connectivity index is 1.66. The van der Waals surface area contributed by atoms with E-state index in [1.165, 1.54) is 6.42 Å². The zero-order valence-corrected chi connectivity index (χ0v) is 9.29. The summed E-state index contributed by atoms with van der Waals surface area (Å²) in [5, 5.41) is 6.21. The normalized spacial score (nSPS) is 33.3. The van der Waals surface area contributed by atoms with E-state index >= 15 is 0 Å². The first-order chi connectivity index (χ1) is 7.29. The third-order valence-electron chi connectivity index (χ3n) is 3.23. The molecule has 0 spiro atoms. The number of hydrogen-bond acceptors (Lipinski definition) is 3. The van der Waals surface area contributed by atoms with Crippen LogP contribution in [0, 0.1) is 0 Å². The lowest BCUT2D eigenvalue weighted by Crippen LogP contribution is -2.42. The molecule has 2 rings (SSSR count). The maximum Gasteiger partial charge on any atom is 0.221 e. The van der Waals surface area contributed by atoms with Crippen LogP contribution in [0.3, 0.4) is 0 Å². The van der Waals surface area contributed by atoms with E-state index in [0.717, 1.165) is 25.9 Å². The van der Waals surface area contributed by atoms with Crippen LogP contribution in [-0.2, 0) is 9.53 Å². The summed E-state index contributed by atoms with van der Waals surface area (Å²) < 4.78 is 5.68. The van der Waals surface area contributed by atoms with Crippen LogP contribution in [0.1, 0.15) is 32.6 Å². The molecule has 4 heteroatoms. The van der Waals surface area contributed by atoms with Crippen molar-refractivity contribution in [3.8, 4) is 0 Å². The summed E-state index contributed by atoms with van der Waals surface area (Å²) in [7, 11) is 0. The smallest absolute Gasteiger partial charge is 0.221 e. The summed E-state index contributed by atoms with van der Waals surface area (Å²) in [4.78, 5) is 11.5. The van der Waals surface area contributed by atoms with Crippen molar-refractivity contribution in [1.29, 1.82) is 0 Å². The molecule has 2 N–H and O–H groups in total. The van der Waals surface area contributed by atoms with Crippen molar-refractivity contribution in [2.24, 2.45) is 0 Å². The fourth-order valence-corrected chi connectivity index (χ4v) is 2.45. The Morgan fingerprint density at radius 1 is 1.47 bits per heavy atom. The predicted molar refractivity (Wildman–Crippen MR) is 57.6 cm³/mol. The maximum absolute atomic E-state index is 11.5. The van der Waals surface area contributed by atoms with Crippen molar-refractivity contribution >= 4 is 5.91 Å².